The van der Waals surface area contributed by atoms with E-state index in [1.807, 2.05) is 0 Å². The summed E-state index contributed by atoms with van der Waals surface area (Å²) >= 11 is 0. The van der Waals surface area contributed by atoms with Crippen LogP contribution < -0.4 is 5.32 Å². The second-order valence-electron chi connectivity index (χ2n) is 10.2. The highest BCUT2D eigenvalue weighted by Crippen LogP contribution is 2.55. The third kappa shape index (κ3) is 4.95. The van der Waals surface area contributed by atoms with Crippen LogP contribution in [-0.4, -0.2) is 45.8 Å². The summed E-state index contributed by atoms with van der Waals surface area (Å²) in [6, 6.07) is 9.52. The standard InChI is InChI=1S/C27H24F8N4O/c28-17-6-7-18(21(29)12-17)20-14-38(13-16-4-2-1-3-5-16)15-25(20,27(33,34)35)23(40)37-24-36-10-11-39(24)22-9-8-19(22)26(30,31)32/h1-7,10-12,19-20,22H,8-9,13-15H2,(H,36,37,40)/t19-,20?,22?,25?/m0/s1. The number of rotatable bonds is 6. The number of amides is 1. The fourth-order valence-electron chi connectivity index (χ4n) is 5.79. The third-order valence-corrected chi connectivity index (χ3v) is 7.92. The topological polar surface area (TPSA) is 50.2 Å². The highest BCUT2D eigenvalue weighted by Gasteiger charge is 2.68. The summed E-state index contributed by atoms with van der Waals surface area (Å²) in [5, 5.41) is 2.12. The van der Waals surface area contributed by atoms with Gasteiger partial charge in [0.2, 0.25) is 11.9 Å². The first-order valence-corrected chi connectivity index (χ1v) is 12.5. The van der Waals surface area contributed by atoms with Crippen LogP contribution in [0.15, 0.2) is 60.9 Å². The zero-order chi connectivity index (χ0) is 28.9. The van der Waals surface area contributed by atoms with Crippen LogP contribution >= 0.6 is 0 Å². The molecule has 2 aliphatic rings. The second kappa shape index (κ2) is 10.2. The minimum atomic E-state index is -5.23. The van der Waals surface area contributed by atoms with E-state index < -0.39 is 77.8 Å². The lowest BCUT2D eigenvalue weighted by Gasteiger charge is -2.39. The Morgan fingerprint density at radius 1 is 1.02 bits per heavy atom. The predicted octanol–water partition coefficient (Wildman–Crippen LogP) is 6.46. The molecule has 3 unspecified atom stereocenters. The Kier molecular flexibility index (Phi) is 7.13. The van der Waals surface area contributed by atoms with Crippen molar-refractivity contribution in [3.05, 3.63) is 83.7 Å². The normalized spacial score (nSPS) is 25.6. The minimum absolute atomic E-state index is 0.00915. The number of halogens is 8. The van der Waals surface area contributed by atoms with Gasteiger partial charge in [-0.15, -0.1) is 0 Å². The molecular weight excluding hydrogens is 548 g/mol. The van der Waals surface area contributed by atoms with E-state index in [-0.39, 0.29) is 19.4 Å². The van der Waals surface area contributed by atoms with Crippen LogP contribution in [0.5, 0.6) is 0 Å². The summed E-state index contributed by atoms with van der Waals surface area (Å²) in [6.45, 7) is -1.25. The van der Waals surface area contributed by atoms with E-state index in [9.17, 15) is 26.7 Å². The van der Waals surface area contributed by atoms with Gasteiger partial charge in [-0.05, 0) is 30.0 Å². The first kappa shape index (κ1) is 28.1. The summed E-state index contributed by atoms with van der Waals surface area (Å²) in [4.78, 5) is 18.9. The fourth-order valence-corrected chi connectivity index (χ4v) is 5.79. The summed E-state index contributed by atoms with van der Waals surface area (Å²) in [6.07, 6.45) is -7.55. The molecule has 4 atom stereocenters. The van der Waals surface area contributed by atoms with Crippen LogP contribution in [0, 0.1) is 23.0 Å². The van der Waals surface area contributed by atoms with E-state index in [2.05, 4.69) is 10.3 Å². The van der Waals surface area contributed by atoms with Crippen LogP contribution in [0.4, 0.5) is 41.1 Å². The molecule has 3 aromatic rings. The van der Waals surface area contributed by atoms with E-state index in [0.29, 0.717) is 11.6 Å². The highest BCUT2D eigenvalue weighted by molar-refractivity contribution is 5.96. The molecule has 1 saturated heterocycles. The molecule has 1 aliphatic carbocycles. The number of carbonyl (C=O) groups is 1. The van der Waals surface area contributed by atoms with Gasteiger partial charge in [0, 0.05) is 50.1 Å². The van der Waals surface area contributed by atoms with Gasteiger partial charge in [0.05, 0.1) is 5.92 Å². The Bertz CT molecular complexity index is 1370. The van der Waals surface area contributed by atoms with E-state index in [4.69, 9.17) is 0 Å². The number of imidazole rings is 1. The molecule has 40 heavy (non-hydrogen) atoms. The van der Waals surface area contributed by atoms with E-state index >= 15 is 13.2 Å². The molecule has 13 heteroatoms. The lowest BCUT2D eigenvalue weighted by Crippen LogP contribution is -2.53. The van der Waals surface area contributed by atoms with Gasteiger partial charge in [-0.2, -0.15) is 26.3 Å². The van der Waals surface area contributed by atoms with E-state index in [1.54, 1.807) is 30.3 Å². The Labute approximate surface area is 223 Å². The highest BCUT2D eigenvalue weighted by atomic mass is 19.4. The van der Waals surface area contributed by atoms with Crippen LogP contribution in [0.2, 0.25) is 0 Å². The minimum Gasteiger partial charge on any atom is -0.314 e. The molecule has 1 N–H and O–H groups in total. The third-order valence-electron chi connectivity index (χ3n) is 7.92. The average molecular weight is 573 g/mol. The molecule has 5 rings (SSSR count). The maximum Gasteiger partial charge on any atom is 0.405 e. The van der Waals surface area contributed by atoms with Gasteiger partial charge < -0.3 is 4.57 Å². The number of aromatic nitrogens is 2. The van der Waals surface area contributed by atoms with E-state index in [0.717, 1.165) is 22.9 Å². The van der Waals surface area contributed by atoms with Gasteiger partial charge in [-0.3, -0.25) is 15.0 Å². The van der Waals surface area contributed by atoms with Crippen LogP contribution in [0.25, 0.3) is 0 Å². The number of anilines is 1. The molecule has 2 fully saturated rings. The lowest BCUT2D eigenvalue weighted by molar-refractivity contribution is -0.219. The monoisotopic (exact) mass is 572 g/mol. The second-order valence-corrected chi connectivity index (χ2v) is 10.2. The number of carbonyl (C=O) groups excluding carboxylic acids is 1. The smallest absolute Gasteiger partial charge is 0.314 e. The Morgan fingerprint density at radius 2 is 1.75 bits per heavy atom. The van der Waals surface area contributed by atoms with Crippen molar-refractivity contribution in [3.8, 4) is 0 Å². The quantitative estimate of drug-likeness (QED) is 0.345. The van der Waals surface area contributed by atoms with Gasteiger partial charge >= 0.3 is 12.4 Å². The Morgan fingerprint density at radius 3 is 2.35 bits per heavy atom. The number of hydrogen-bond donors (Lipinski definition) is 1. The molecule has 1 amide bonds. The number of nitrogens with zero attached hydrogens (tertiary/aromatic N) is 3. The Balaban J connectivity index is 1.53. The molecule has 1 saturated carbocycles. The van der Waals surface area contributed by atoms with Gasteiger partial charge in [-0.1, -0.05) is 36.4 Å². The number of likely N-dealkylation sites (tertiary alicyclic amines) is 1. The van der Waals surface area contributed by atoms with Crippen LogP contribution in [-0.2, 0) is 11.3 Å². The number of alkyl halides is 6. The van der Waals surface area contributed by atoms with Crippen LogP contribution in [0.3, 0.4) is 0 Å². The predicted molar refractivity (Wildman–Crippen MR) is 128 cm³/mol. The van der Waals surface area contributed by atoms with Crippen LogP contribution in [0.1, 0.15) is 35.9 Å². The largest absolute Gasteiger partial charge is 0.405 e. The molecule has 2 heterocycles. The number of hydrogen-bond acceptors (Lipinski definition) is 3. The molecule has 1 aliphatic heterocycles. The van der Waals surface area contributed by atoms with Crippen molar-refractivity contribution < 1.29 is 39.9 Å². The molecule has 0 bridgehead atoms. The summed E-state index contributed by atoms with van der Waals surface area (Å²) < 4.78 is 115. The molecule has 1 aromatic heterocycles. The molecule has 214 valence electrons. The number of benzene rings is 2. The lowest BCUT2D eigenvalue weighted by atomic mass is 9.72. The fraction of sp³-hybridized carbons (Fsp3) is 0.407. The van der Waals surface area contributed by atoms with Gasteiger partial charge in [-0.25, -0.2) is 13.8 Å². The molecule has 5 nitrogen and oxygen atoms in total. The van der Waals surface area contributed by atoms with Gasteiger partial charge in [0.1, 0.15) is 11.6 Å². The first-order chi connectivity index (χ1) is 18.8. The number of nitrogens with one attached hydrogen (secondary N) is 1. The van der Waals surface area contributed by atoms with Gasteiger partial charge in [0.25, 0.3) is 0 Å². The molecular formula is C27H24F8N4O. The van der Waals surface area contributed by atoms with Crippen molar-refractivity contribution in [2.75, 3.05) is 18.4 Å². The maximum atomic E-state index is 15.0. The molecule has 2 aromatic carbocycles. The molecule has 0 radical (unpaired) electrons. The summed E-state index contributed by atoms with van der Waals surface area (Å²) in [5.41, 5.74) is -3.07. The van der Waals surface area contributed by atoms with Crippen molar-refractivity contribution in [1.82, 2.24) is 14.5 Å². The Hall–Kier alpha value is -3.48. The van der Waals surface area contributed by atoms with Crippen molar-refractivity contribution in [1.29, 1.82) is 0 Å². The first-order valence-electron chi connectivity index (χ1n) is 12.5. The zero-order valence-corrected chi connectivity index (χ0v) is 20.8. The SMILES string of the molecule is O=C(Nc1nccn1C1CC[C@@H]1C(F)(F)F)C1(C(F)(F)F)CN(Cc2ccccc2)CC1c1ccc(F)cc1F. The van der Waals surface area contributed by atoms with E-state index in [1.165, 1.54) is 11.1 Å². The average Bonchev–Trinajstić information content (AvgIpc) is 3.43. The summed E-state index contributed by atoms with van der Waals surface area (Å²) in [5.74, 6) is -7.80. The maximum absolute atomic E-state index is 15.0. The molecule has 0 spiro atoms. The van der Waals surface area contributed by atoms with Gasteiger partial charge in [0.15, 0.2) is 5.41 Å². The van der Waals surface area contributed by atoms with Crippen molar-refractivity contribution in [3.63, 3.8) is 0 Å². The summed E-state index contributed by atoms with van der Waals surface area (Å²) in [7, 11) is 0. The van der Waals surface area contributed by atoms with Crippen molar-refractivity contribution >= 4 is 11.9 Å². The van der Waals surface area contributed by atoms with Crippen molar-refractivity contribution in [2.45, 2.75) is 43.7 Å². The zero-order valence-electron chi connectivity index (χ0n) is 20.8. The van der Waals surface area contributed by atoms with Crippen molar-refractivity contribution in [2.24, 2.45) is 11.3 Å².